The predicted octanol–water partition coefficient (Wildman–Crippen LogP) is 3.71. The van der Waals surface area contributed by atoms with Crippen molar-refractivity contribution in [2.45, 2.75) is 24.7 Å². The average Bonchev–Trinajstić information content (AvgIpc) is 3.22. The van der Waals surface area contributed by atoms with E-state index in [0.717, 1.165) is 10.9 Å². The Kier molecular flexibility index (Phi) is 5.80. The number of aromatic nitrogens is 3. The van der Waals surface area contributed by atoms with E-state index in [1.54, 1.807) is 48.8 Å². The third-order valence-corrected chi connectivity index (χ3v) is 5.07. The maximum atomic E-state index is 13.8. The van der Waals surface area contributed by atoms with Crippen molar-refractivity contribution in [3.05, 3.63) is 71.7 Å². The number of hydrogen-bond donors (Lipinski definition) is 2. The van der Waals surface area contributed by atoms with Crippen molar-refractivity contribution in [3.8, 4) is 5.75 Å². The van der Waals surface area contributed by atoms with E-state index < -0.39 is 24.2 Å². The van der Waals surface area contributed by atoms with E-state index in [1.807, 2.05) is 0 Å². The van der Waals surface area contributed by atoms with E-state index in [-0.39, 0.29) is 17.8 Å². The lowest BCUT2D eigenvalue weighted by Crippen LogP contribution is -2.36. The fraction of sp³-hybridized carbons (Fsp3) is 0.238. The van der Waals surface area contributed by atoms with E-state index >= 15 is 0 Å². The van der Waals surface area contributed by atoms with Gasteiger partial charge in [-0.05, 0) is 23.8 Å². The van der Waals surface area contributed by atoms with Crippen LogP contribution in [0.3, 0.4) is 0 Å². The summed E-state index contributed by atoms with van der Waals surface area (Å²) < 4.78 is 47.3. The fourth-order valence-corrected chi connectivity index (χ4v) is 3.46. The number of benzene rings is 1. The van der Waals surface area contributed by atoms with Crippen LogP contribution in [0.5, 0.6) is 5.75 Å². The number of rotatable bonds is 5. The number of methoxy groups -OCH3 is 1. The molecular weight excluding hydrogens is 425 g/mol. The molecule has 11 heteroatoms. The maximum absolute atomic E-state index is 13.8. The van der Waals surface area contributed by atoms with Gasteiger partial charge in [0.25, 0.3) is 5.91 Å². The van der Waals surface area contributed by atoms with Gasteiger partial charge in [0.15, 0.2) is 6.04 Å². The second-order valence-electron chi connectivity index (χ2n) is 7.10. The Morgan fingerprint density at radius 3 is 2.72 bits per heavy atom. The molecule has 4 rings (SSSR count). The number of halogens is 3. The van der Waals surface area contributed by atoms with Crippen LogP contribution in [0.2, 0.25) is 0 Å². The summed E-state index contributed by atoms with van der Waals surface area (Å²) >= 11 is 0. The summed E-state index contributed by atoms with van der Waals surface area (Å²) in [6.45, 7) is 0. The van der Waals surface area contributed by atoms with Crippen molar-refractivity contribution in [2.75, 3.05) is 12.4 Å². The highest BCUT2D eigenvalue weighted by molar-refractivity contribution is 5.99. The summed E-state index contributed by atoms with van der Waals surface area (Å²) in [5.41, 5.74) is 3.56. The highest BCUT2D eigenvalue weighted by Gasteiger charge is 2.47. The van der Waals surface area contributed by atoms with Crippen molar-refractivity contribution in [2.24, 2.45) is 5.10 Å². The van der Waals surface area contributed by atoms with Crippen molar-refractivity contribution >= 4 is 17.9 Å². The summed E-state index contributed by atoms with van der Waals surface area (Å²) in [4.78, 5) is 16.5. The van der Waals surface area contributed by atoms with E-state index in [2.05, 4.69) is 25.9 Å². The van der Waals surface area contributed by atoms with Crippen LogP contribution in [-0.4, -0.2) is 40.2 Å². The summed E-state index contributed by atoms with van der Waals surface area (Å²) in [7, 11) is 1.51. The number of carbonyl (C=O) groups excluding carboxylic acids is 1. The van der Waals surface area contributed by atoms with Gasteiger partial charge in [0, 0.05) is 24.4 Å². The first-order valence-electron chi connectivity index (χ1n) is 9.65. The molecule has 2 N–H and O–H groups in total. The molecule has 0 unspecified atom stereocenters. The van der Waals surface area contributed by atoms with E-state index in [4.69, 9.17) is 4.74 Å². The smallest absolute Gasteiger partial charge is 0.410 e. The van der Waals surface area contributed by atoms with Crippen LogP contribution in [0.1, 0.15) is 40.0 Å². The zero-order chi connectivity index (χ0) is 22.7. The Morgan fingerprint density at radius 1 is 1.28 bits per heavy atom. The van der Waals surface area contributed by atoms with Gasteiger partial charge in [-0.2, -0.15) is 23.4 Å². The second kappa shape index (κ2) is 8.69. The standard InChI is InChI=1S/C21H19F3N6O2/c1-32-15-6-4-14(5-7-15)17-9-18(21(22,23)24)30-19(28-17)16(12-27-30)20(31)29-26-11-13-3-2-8-25-10-13/h2-8,10-12,17-18,28H,9H2,1H3,(H,29,31)/b26-11-/t17-,18-/m0/s1. The predicted molar refractivity (Wildman–Crippen MR) is 111 cm³/mol. The molecule has 166 valence electrons. The van der Waals surface area contributed by atoms with Gasteiger partial charge < -0.3 is 10.1 Å². The maximum Gasteiger partial charge on any atom is 0.410 e. The molecule has 0 spiro atoms. The summed E-state index contributed by atoms with van der Waals surface area (Å²) in [5.74, 6) is -0.114. The van der Waals surface area contributed by atoms with Crippen LogP contribution in [0.15, 0.2) is 60.1 Å². The average molecular weight is 444 g/mol. The number of fused-ring (bicyclic) bond motifs is 1. The van der Waals surface area contributed by atoms with E-state index in [1.165, 1.54) is 13.3 Å². The molecule has 0 saturated heterocycles. The number of anilines is 1. The van der Waals surface area contributed by atoms with Crippen LogP contribution in [0.25, 0.3) is 0 Å². The third-order valence-electron chi connectivity index (χ3n) is 5.07. The van der Waals surface area contributed by atoms with Gasteiger partial charge in [0.1, 0.15) is 17.1 Å². The minimum absolute atomic E-state index is 0.0199. The second-order valence-corrected chi connectivity index (χ2v) is 7.10. The Bertz CT molecular complexity index is 1110. The SMILES string of the molecule is COc1ccc([C@@H]2C[C@@H](C(F)(F)F)n3ncc(C(=O)N/N=C\c4cccnc4)c3N2)cc1. The van der Waals surface area contributed by atoms with Crippen molar-refractivity contribution in [3.63, 3.8) is 0 Å². The van der Waals surface area contributed by atoms with Gasteiger partial charge in [0.05, 0.1) is 25.6 Å². The quantitative estimate of drug-likeness (QED) is 0.462. The normalized spacial score (nSPS) is 18.1. The molecule has 3 aromatic rings. The molecule has 0 radical (unpaired) electrons. The molecule has 2 atom stereocenters. The molecule has 8 nitrogen and oxygen atoms in total. The van der Waals surface area contributed by atoms with Crippen molar-refractivity contribution < 1.29 is 22.7 Å². The highest BCUT2D eigenvalue weighted by atomic mass is 19.4. The lowest BCUT2D eigenvalue weighted by atomic mass is 9.96. The zero-order valence-electron chi connectivity index (χ0n) is 16.9. The zero-order valence-corrected chi connectivity index (χ0v) is 16.9. The molecular formula is C21H19F3N6O2. The number of alkyl halides is 3. The molecule has 0 fully saturated rings. The minimum Gasteiger partial charge on any atom is -0.497 e. The first kappa shape index (κ1) is 21.3. The van der Waals surface area contributed by atoms with Crippen LogP contribution in [0, 0.1) is 0 Å². The number of carbonyl (C=O) groups is 1. The summed E-state index contributed by atoms with van der Waals surface area (Å²) in [5, 5.41) is 10.7. The van der Waals surface area contributed by atoms with Gasteiger partial charge in [0.2, 0.25) is 0 Å². The van der Waals surface area contributed by atoms with Gasteiger partial charge in [-0.3, -0.25) is 9.78 Å². The molecule has 0 saturated carbocycles. The molecule has 1 aromatic carbocycles. The molecule has 1 amide bonds. The minimum atomic E-state index is -4.54. The monoisotopic (exact) mass is 444 g/mol. The topological polar surface area (TPSA) is 93.4 Å². The van der Waals surface area contributed by atoms with Gasteiger partial charge in [-0.1, -0.05) is 18.2 Å². The Hall–Kier alpha value is -3.89. The van der Waals surface area contributed by atoms with Gasteiger partial charge in [-0.15, -0.1) is 0 Å². The van der Waals surface area contributed by atoms with Gasteiger partial charge in [-0.25, -0.2) is 10.1 Å². The molecule has 3 heterocycles. The molecule has 0 bridgehead atoms. The van der Waals surface area contributed by atoms with Crippen LogP contribution < -0.4 is 15.5 Å². The Morgan fingerprint density at radius 2 is 2.06 bits per heavy atom. The van der Waals surface area contributed by atoms with Crippen molar-refractivity contribution in [1.82, 2.24) is 20.2 Å². The summed E-state index contributed by atoms with van der Waals surface area (Å²) in [6, 6.07) is 7.60. The number of ether oxygens (including phenoxy) is 1. The first-order chi connectivity index (χ1) is 15.4. The Labute approximate surface area is 181 Å². The molecule has 1 aliphatic heterocycles. The fourth-order valence-electron chi connectivity index (χ4n) is 3.46. The number of hydrazone groups is 1. The van der Waals surface area contributed by atoms with E-state index in [0.29, 0.717) is 16.9 Å². The first-order valence-corrected chi connectivity index (χ1v) is 9.65. The molecule has 1 aliphatic rings. The number of amides is 1. The number of pyridine rings is 1. The summed E-state index contributed by atoms with van der Waals surface area (Å²) in [6.07, 6.45) is 0.813. The molecule has 2 aromatic heterocycles. The molecule has 32 heavy (non-hydrogen) atoms. The third kappa shape index (κ3) is 4.41. The highest BCUT2D eigenvalue weighted by Crippen LogP contribution is 2.44. The lowest BCUT2D eigenvalue weighted by Gasteiger charge is -2.34. The lowest BCUT2D eigenvalue weighted by molar-refractivity contribution is -0.173. The Balaban J connectivity index is 1.60. The van der Waals surface area contributed by atoms with Crippen LogP contribution in [-0.2, 0) is 0 Å². The van der Waals surface area contributed by atoms with Crippen LogP contribution >= 0.6 is 0 Å². The number of nitrogens with one attached hydrogen (secondary N) is 2. The van der Waals surface area contributed by atoms with Crippen LogP contribution in [0.4, 0.5) is 19.0 Å². The molecule has 0 aliphatic carbocycles. The van der Waals surface area contributed by atoms with Gasteiger partial charge >= 0.3 is 6.18 Å². The largest absolute Gasteiger partial charge is 0.497 e. The van der Waals surface area contributed by atoms with Crippen molar-refractivity contribution in [1.29, 1.82) is 0 Å². The number of nitrogens with zero attached hydrogens (tertiary/aromatic N) is 4. The number of hydrogen-bond acceptors (Lipinski definition) is 6. The van der Waals surface area contributed by atoms with E-state index in [9.17, 15) is 18.0 Å².